The Hall–Kier alpha value is -1.40. The molecule has 1 atom stereocenters. The zero-order valence-corrected chi connectivity index (χ0v) is 10.2. The van der Waals surface area contributed by atoms with Gasteiger partial charge in [0, 0.05) is 0 Å². The Morgan fingerprint density at radius 1 is 1.17 bits per heavy atom. The maximum atomic E-state index is 11.9. The van der Waals surface area contributed by atoms with Crippen LogP contribution in [0.1, 0.15) is 39.5 Å². The molecule has 0 aliphatic carbocycles. The molecule has 4 nitrogen and oxygen atoms in total. The Balaban J connectivity index is 4.35. The van der Waals surface area contributed by atoms with E-state index >= 15 is 0 Å². The van der Waals surface area contributed by atoms with Gasteiger partial charge < -0.3 is 4.74 Å². The number of Topliss-reactive ketones (excluding diaryl/α,β-unsaturated/α-hetero) is 2. The number of halogens is 3. The van der Waals surface area contributed by atoms with Crippen LogP contribution in [0.15, 0.2) is 0 Å². The van der Waals surface area contributed by atoms with Crippen LogP contribution in [-0.2, 0) is 19.1 Å². The summed E-state index contributed by atoms with van der Waals surface area (Å²) in [5.41, 5.74) is 0. The zero-order valence-electron chi connectivity index (χ0n) is 10.2. The maximum Gasteiger partial charge on any atom is 0.450 e. The first-order valence-electron chi connectivity index (χ1n) is 5.56. The lowest BCUT2D eigenvalue weighted by atomic mass is 10.1. The maximum absolute atomic E-state index is 11.9. The van der Waals surface area contributed by atoms with Gasteiger partial charge in [-0.25, -0.2) is 4.79 Å². The molecule has 0 aromatic carbocycles. The van der Waals surface area contributed by atoms with E-state index in [0.717, 1.165) is 0 Å². The molecule has 0 aromatic rings. The molecule has 0 rings (SSSR count). The van der Waals surface area contributed by atoms with E-state index in [1.807, 2.05) is 6.92 Å². The quantitative estimate of drug-likeness (QED) is 0.403. The van der Waals surface area contributed by atoms with Crippen molar-refractivity contribution >= 4 is 17.5 Å². The third-order valence-corrected chi connectivity index (χ3v) is 2.20. The minimum Gasteiger partial charge on any atom is -0.457 e. The normalized spacial score (nSPS) is 12.9. The summed E-state index contributed by atoms with van der Waals surface area (Å²) in [6, 6.07) is 0. The zero-order chi connectivity index (χ0) is 14.3. The molecule has 0 aliphatic heterocycles. The number of carbonyl (C=O) groups excluding carboxylic acids is 3. The van der Waals surface area contributed by atoms with Gasteiger partial charge in [0.1, 0.15) is 6.10 Å². The van der Waals surface area contributed by atoms with Crippen molar-refractivity contribution < 1.29 is 32.3 Å². The van der Waals surface area contributed by atoms with Crippen LogP contribution in [0.5, 0.6) is 0 Å². The number of alkyl halides is 3. The molecule has 0 bridgehead atoms. The van der Waals surface area contributed by atoms with E-state index in [4.69, 9.17) is 4.74 Å². The third kappa shape index (κ3) is 5.79. The molecule has 0 heterocycles. The first kappa shape index (κ1) is 16.6. The summed E-state index contributed by atoms with van der Waals surface area (Å²) in [4.78, 5) is 32.7. The molecule has 18 heavy (non-hydrogen) atoms. The molecule has 0 saturated heterocycles. The summed E-state index contributed by atoms with van der Waals surface area (Å²) in [5.74, 6) is -5.09. The lowest BCUT2D eigenvalue weighted by Crippen LogP contribution is -2.30. The van der Waals surface area contributed by atoms with Gasteiger partial charge in [-0.15, -0.1) is 0 Å². The van der Waals surface area contributed by atoms with Gasteiger partial charge in [-0.1, -0.05) is 20.3 Å². The molecular weight excluding hydrogens is 253 g/mol. The molecule has 0 aromatic heterocycles. The highest BCUT2D eigenvalue weighted by atomic mass is 19.4. The van der Waals surface area contributed by atoms with Gasteiger partial charge in [-0.3, -0.25) is 9.59 Å². The van der Waals surface area contributed by atoms with Gasteiger partial charge in [0.25, 0.3) is 0 Å². The van der Waals surface area contributed by atoms with Gasteiger partial charge in [-0.2, -0.15) is 13.2 Å². The van der Waals surface area contributed by atoms with Gasteiger partial charge in [0.05, 0.1) is 6.42 Å². The number of esters is 1. The minimum absolute atomic E-state index is 0.458. The molecule has 0 radical (unpaired) electrons. The molecular formula is C11H15F3O4. The highest BCUT2D eigenvalue weighted by molar-refractivity contribution is 6.37. The van der Waals surface area contributed by atoms with Crippen molar-refractivity contribution in [2.45, 2.75) is 51.8 Å². The standard InChI is InChI=1S/C11H15F3O4/c1-3-5-7(4-2)18-10(17)8(15)6-9(16)11(12,13)14/h7H,3-6H2,1-2H3. The molecule has 0 aliphatic rings. The Bertz CT molecular complexity index is 323. The summed E-state index contributed by atoms with van der Waals surface area (Å²) in [6.45, 7) is 3.56. The predicted octanol–water partition coefficient (Wildman–Crippen LogP) is 2.20. The molecule has 0 fully saturated rings. The van der Waals surface area contributed by atoms with Crippen LogP contribution in [0.4, 0.5) is 13.2 Å². The first-order valence-corrected chi connectivity index (χ1v) is 5.56. The monoisotopic (exact) mass is 268 g/mol. The molecule has 0 amide bonds. The molecule has 0 N–H and O–H groups in total. The van der Waals surface area contributed by atoms with Crippen LogP contribution < -0.4 is 0 Å². The van der Waals surface area contributed by atoms with Crippen molar-refractivity contribution in [3.8, 4) is 0 Å². The molecule has 7 heteroatoms. The van der Waals surface area contributed by atoms with Crippen LogP contribution in [0.3, 0.4) is 0 Å². The Labute approximate surface area is 102 Å². The number of rotatable bonds is 7. The van der Waals surface area contributed by atoms with E-state index in [1.165, 1.54) is 0 Å². The fourth-order valence-corrected chi connectivity index (χ4v) is 1.20. The lowest BCUT2D eigenvalue weighted by molar-refractivity contribution is -0.174. The Kier molecular flexibility index (Phi) is 6.57. The van der Waals surface area contributed by atoms with Crippen LogP contribution in [0.2, 0.25) is 0 Å². The van der Waals surface area contributed by atoms with Gasteiger partial charge in [-0.05, 0) is 12.8 Å². The van der Waals surface area contributed by atoms with Gasteiger partial charge in [0.2, 0.25) is 11.6 Å². The fraction of sp³-hybridized carbons (Fsp3) is 0.727. The van der Waals surface area contributed by atoms with Gasteiger partial charge >= 0.3 is 12.1 Å². The number of hydrogen-bond donors (Lipinski definition) is 0. The Morgan fingerprint density at radius 3 is 2.11 bits per heavy atom. The van der Waals surface area contributed by atoms with E-state index in [0.29, 0.717) is 19.3 Å². The fourth-order valence-electron chi connectivity index (χ4n) is 1.20. The number of ketones is 2. The van der Waals surface area contributed by atoms with E-state index in [1.54, 1.807) is 6.92 Å². The van der Waals surface area contributed by atoms with E-state index < -0.39 is 36.2 Å². The second kappa shape index (κ2) is 7.13. The van der Waals surface area contributed by atoms with Crippen LogP contribution in [-0.4, -0.2) is 29.8 Å². The van der Waals surface area contributed by atoms with Crippen molar-refractivity contribution in [2.75, 3.05) is 0 Å². The highest BCUT2D eigenvalue weighted by Gasteiger charge is 2.40. The smallest absolute Gasteiger partial charge is 0.450 e. The van der Waals surface area contributed by atoms with E-state index in [-0.39, 0.29) is 0 Å². The average Bonchev–Trinajstić information content (AvgIpc) is 2.26. The van der Waals surface area contributed by atoms with Gasteiger partial charge in [0.15, 0.2) is 0 Å². The van der Waals surface area contributed by atoms with Crippen LogP contribution in [0.25, 0.3) is 0 Å². The van der Waals surface area contributed by atoms with Crippen molar-refractivity contribution in [3.05, 3.63) is 0 Å². The molecule has 0 saturated carbocycles. The predicted molar refractivity (Wildman–Crippen MR) is 55.8 cm³/mol. The summed E-state index contributed by atoms with van der Waals surface area (Å²) in [6.07, 6.45) is -5.42. The van der Waals surface area contributed by atoms with E-state index in [9.17, 15) is 27.6 Å². The number of carbonyl (C=O) groups is 3. The largest absolute Gasteiger partial charge is 0.457 e. The van der Waals surface area contributed by atoms with Crippen molar-refractivity contribution in [2.24, 2.45) is 0 Å². The minimum atomic E-state index is -5.11. The third-order valence-electron chi connectivity index (χ3n) is 2.20. The highest BCUT2D eigenvalue weighted by Crippen LogP contribution is 2.18. The second-order valence-corrected chi connectivity index (χ2v) is 3.75. The number of hydrogen-bond acceptors (Lipinski definition) is 4. The molecule has 0 spiro atoms. The summed E-state index contributed by atoms with van der Waals surface area (Å²) < 4.78 is 40.3. The van der Waals surface area contributed by atoms with Crippen LogP contribution in [0, 0.1) is 0 Å². The van der Waals surface area contributed by atoms with Crippen molar-refractivity contribution in [1.29, 1.82) is 0 Å². The van der Waals surface area contributed by atoms with E-state index in [2.05, 4.69) is 0 Å². The SMILES string of the molecule is CCCC(CC)OC(=O)C(=O)CC(=O)C(F)(F)F. The second-order valence-electron chi connectivity index (χ2n) is 3.75. The summed E-state index contributed by atoms with van der Waals surface area (Å²) in [5, 5.41) is 0. The summed E-state index contributed by atoms with van der Waals surface area (Å²) >= 11 is 0. The molecule has 1 unspecified atom stereocenters. The van der Waals surface area contributed by atoms with Crippen LogP contribution >= 0.6 is 0 Å². The first-order chi connectivity index (χ1) is 8.22. The number of ether oxygens (including phenoxy) is 1. The molecule has 104 valence electrons. The average molecular weight is 268 g/mol. The lowest BCUT2D eigenvalue weighted by Gasteiger charge is -2.14. The Morgan fingerprint density at radius 2 is 1.72 bits per heavy atom. The van der Waals surface area contributed by atoms with Crippen molar-refractivity contribution in [1.82, 2.24) is 0 Å². The van der Waals surface area contributed by atoms with Crippen molar-refractivity contribution in [3.63, 3.8) is 0 Å². The summed E-state index contributed by atoms with van der Waals surface area (Å²) in [7, 11) is 0. The topological polar surface area (TPSA) is 60.4 Å².